The lowest BCUT2D eigenvalue weighted by atomic mass is 9.96. The third-order valence-corrected chi connectivity index (χ3v) is 16.3. The highest BCUT2D eigenvalue weighted by molar-refractivity contribution is 9.10. The van der Waals surface area contributed by atoms with Crippen molar-refractivity contribution in [3.05, 3.63) is 305 Å². The fraction of sp³-hybridized carbons (Fsp3) is 0. The van der Waals surface area contributed by atoms with E-state index in [9.17, 15) is 0 Å². The van der Waals surface area contributed by atoms with Gasteiger partial charge in [0.1, 0.15) is 11.2 Å². The molecule has 428 valence electrons. The second kappa shape index (κ2) is 26.0. The Balaban J connectivity index is 0.000000118. The van der Waals surface area contributed by atoms with Gasteiger partial charge in [0.05, 0.1) is 5.56 Å². The maximum atomic E-state index is 6.18. The van der Waals surface area contributed by atoms with Crippen LogP contribution < -0.4 is 0 Å². The Hall–Kier alpha value is -10.6. The normalized spacial score (nSPS) is 11.1. The molecule has 0 unspecified atom stereocenters. The van der Waals surface area contributed by atoms with Crippen LogP contribution in [-0.4, -0.2) is 44.9 Å². The molecular weight excluding hydrogens is 1310 g/mol. The van der Waals surface area contributed by atoms with E-state index in [-0.39, 0.29) is 0 Å². The Morgan fingerprint density at radius 2 is 0.544 bits per heavy atom. The zero-order valence-electron chi connectivity index (χ0n) is 47.8. The first kappa shape index (κ1) is 57.2. The van der Waals surface area contributed by atoms with Crippen LogP contribution in [0.1, 0.15) is 0 Å². The van der Waals surface area contributed by atoms with Gasteiger partial charge in [0, 0.05) is 38.6 Å². The lowest BCUT2D eigenvalue weighted by Gasteiger charge is -2.11. The van der Waals surface area contributed by atoms with E-state index in [4.69, 9.17) is 14.4 Å². The van der Waals surface area contributed by atoms with Crippen LogP contribution in [0.3, 0.4) is 0 Å². The Kier molecular flexibility index (Phi) is 16.5. The quantitative estimate of drug-likeness (QED) is 0.138. The smallest absolute Gasteiger partial charge is 0.200 e. The molecule has 0 spiro atoms. The van der Waals surface area contributed by atoms with Crippen LogP contribution in [0.25, 0.3) is 145 Å². The first-order valence-corrected chi connectivity index (χ1v) is 31.3. The Bertz CT molecular complexity index is 5170. The SMILES string of the molecule is Brc1nc(-c2cccc3ccccc23)nc(-c2cccc3c2oc2ccccc23)n1.Brc1nc(-c2ccccc2)nc(-c2cc(-c3ccccc3)cc(-c3ccccc3)c2)n1.Brc1nc(-c2ccccc2)nc(-c2ccc(-c3cccc4ccccc34)cc2)n1. The molecule has 16 aromatic rings. The zero-order valence-corrected chi connectivity index (χ0v) is 52.5. The van der Waals surface area contributed by atoms with Crippen LogP contribution in [0.15, 0.2) is 310 Å². The standard InChI is InChI=1S/C27H18BrN3.C25H14BrN3O.C25H16BrN3/c28-27-30-25(21-14-8-3-9-15-21)29-26(31-27)24-17-22(19-10-4-1-5-11-19)16-23(18-24)20-12-6-2-7-13-20;26-25-28-23(19-12-5-8-15-7-1-2-9-16(15)19)27-24(29-25)20-13-6-11-18-17-10-3-4-14-21(17)30-22(18)20;26-25-28-23(19-8-2-1-3-9-19)27-24(29-25)20-15-13-18(14-16-20)22-12-6-10-17-7-4-5-11-21(17)22/h1-18H;1-14H;1-16H. The predicted octanol–water partition coefficient (Wildman–Crippen LogP) is 21.1. The number of hydrogen-bond donors (Lipinski definition) is 0. The van der Waals surface area contributed by atoms with E-state index in [2.05, 4.69) is 246 Å². The van der Waals surface area contributed by atoms with Crippen molar-refractivity contribution in [1.29, 1.82) is 0 Å². The van der Waals surface area contributed by atoms with E-state index in [1.807, 2.05) is 127 Å². The molecule has 4 heterocycles. The van der Waals surface area contributed by atoms with Crippen molar-refractivity contribution in [2.24, 2.45) is 0 Å². The number of fused-ring (bicyclic) bond motifs is 5. The van der Waals surface area contributed by atoms with E-state index in [1.165, 1.54) is 21.9 Å². The van der Waals surface area contributed by atoms with Crippen molar-refractivity contribution in [1.82, 2.24) is 44.9 Å². The van der Waals surface area contributed by atoms with Crippen molar-refractivity contribution >= 4 is 91.3 Å². The highest BCUT2D eigenvalue weighted by Crippen LogP contribution is 2.38. The monoisotopic (exact) mass is 1350 g/mol. The topological polar surface area (TPSA) is 129 Å². The van der Waals surface area contributed by atoms with Gasteiger partial charge in [0.2, 0.25) is 14.2 Å². The summed E-state index contributed by atoms with van der Waals surface area (Å²) in [7, 11) is 0. The molecule has 0 saturated carbocycles. The minimum atomic E-state index is 0.489. The molecule has 13 heteroatoms. The fourth-order valence-corrected chi connectivity index (χ4v) is 12.0. The summed E-state index contributed by atoms with van der Waals surface area (Å²) in [4.78, 5) is 41.4. The summed E-state index contributed by atoms with van der Waals surface area (Å²) in [5.41, 5.74) is 14.2. The van der Waals surface area contributed by atoms with Crippen LogP contribution in [0.4, 0.5) is 0 Å². The third-order valence-electron chi connectivity index (χ3n) is 15.2. The van der Waals surface area contributed by atoms with Gasteiger partial charge >= 0.3 is 0 Å². The van der Waals surface area contributed by atoms with Gasteiger partial charge in [0.15, 0.2) is 34.9 Å². The lowest BCUT2D eigenvalue weighted by molar-refractivity contribution is 0.669. The molecule has 0 N–H and O–H groups in total. The second-order valence-electron chi connectivity index (χ2n) is 20.9. The van der Waals surface area contributed by atoms with Crippen LogP contribution in [-0.2, 0) is 0 Å². The molecule has 0 aliphatic heterocycles. The van der Waals surface area contributed by atoms with Crippen LogP contribution >= 0.6 is 47.8 Å². The van der Waals surface area contributed by atoms with Crippen LogP contribution in [0.5, 0.6) is 0 Å². The van der Waals surface area contributed by atoms with Gasteiger partial charge < -0.3 is 4.42 Å². The number of nitrogens with zero attached hydrogens (tertiary/aromatic N) is 9. The summed E-state index contributed by atoms with van der Waals surface area (Å²) < 4.78 is 7.71. The molecule has 0 saturated heterocycles. The van der Waals surface area contributed by atoms with Crippen molar-refractivity contribution < 1.29 is 4.42 Å². The molecule has 0 aliphatic carbocycles. The summed E-state index contributed by atoms with van der Waals surface area (Å²) in [6, 6.07) is 98.8. The zero-order chi connectivity index (χ0) is 60.8. The van der Waals surface area contributed by atoms with Gasteiger partial charge in [-0.1, -0.05) is 261 Å². The van der Waals surface area contributed by atoms with E-state index < -0.39 is 0 Å². The molecule has 10 nitrogen and oxygen atoms in total. The second-order valence-corrected chi connectivity index (χ2v) is 23.1. The molecule has 12 aromatic carbocycles. The number of benzene rings is 12. The van der Waals surface area contributed by atoms with Crippen LogP contribution in [0.2, 0.25) is 0 Å². The number of hydrogen-bond acceptors (Lipinski definition) is 10. The number of furan rings is 1. The molecule has 0 aliphatic rings. The molecule has 0 amide bonds. The molecule has 16 rings (SSSR count). The Morgan fingerprint density at radius 3 is 1.08 bits per heavy atom. The molecule has 0 radical (unpaired) electrons. The molecule has 90 heavy (non-hydrogen) atoms. The number of halogens is 3. The van der Waals surface area contributed by atoms with Crippen molar-refractivity contribution in [3.8, 4) is 102 Å². The molecule has 0 atom stereocenters. The van der Waals surface area contributed by atoms with Crippen LogP contribution in [0, 0.1) is 0 Å². The first-order chi connectivity index (χ1) is 44.3. The number of rotatable bonds is 9. The minimum absolute atomic E-state index is 0.489. The molecule has 4 aromatic heterocycles. The lowest BCUT2D eigenvalue weighted by Crippen LogP contribution is -1.98. The van der Waals surface area contributed by atoms with E-state index >= 15 is 0 Å². The first-order valence-electron chi connectivity index (χ1n) is 28.9. The number of aromatic nitrogens is 9. The molecular formula is C77H48Br3N9O. The summed E-state index contributed by atoms with van der Waals surface area (Å²) >= 11 is 10.4. The van der Waals surface area contributed by atoms with Gasteiger partial charge in [-0.05, 0) is 133 Å². The minimum Gasteiger partial charge on any atom is -0.455 e. The average molecular weight is 1360 g/mol. The largest absolute Gasteiger partial charge is 0.455 e. The van der Waals surface area contributed by atoms with Gasteiger partial charge in [-0.2, -0.15) is 0 Å². The summed E-state index contributed by atoms with van der Waals surface area (Å²) in [5, 5.41) is 6.86. The van der Waals surface area contributed by atoms with E-state index in [1.54, 1.807) is 0 Å². The van der Waals surface area contributed by atoms with Crippen molar-refractivity contribution in [2.75, 3.05) is 0 Å². The molecule has 0 fully saturated rings. The van der Waals surface area contributed by atoms with Crippen molar-refractivity contribution in [2.45, 2.75) is 0 Å². The highest BCUT2D eigenvalue weighted by Gasteiger charge is 2.19. The Morgan fingerprint density at radius 1 is 0.211 bits per heavy atom. The van der Waals surface area contributed by atoms with Gasteiger partial charge in [-0.25, -0.2) is 44.9 Å². The highest BCUT2D eigenvalue weighted by atomic mass is 79.9. The maximum Gasteiger partial charge on any atom is 0.200 e. The summed E-state index contributed by atoms with van der Waals surface area (Å²) in [6.07, 6.45) is 0. The predicted molar refractivity (Wildman–Crippen MR) is 374 cm³/mol. The van der Waals surface area contributed by atoms with Gasteiger partial charge in [0.25, 0.3) is 0 Å². The Labute approximate surface area is 543 Å². The average Bonchev–Trinajstić information content (AvgIpc) is 2.55. The van der Waals surface area contributed by atoms with Gasteiger partial charge in [-0.15, -0.1) is 0 Å². The maximum absolute atomic E-state index is 6.18. The molecule has 0 bridgehead atoms. The summed E-state index contributed by atoms with van der Waals surface area (Å²) in [6.45, 7) is 0. The van der Waals surface area contributed by atoms with E-state index in [0.29, 0.717) is 49.1 Å². The van der Waals surface area contributed by atoms with E-state index in [0.717, 1.165) is 88.3 Å². The van der Waals surface area contributed by atoms with Gasteiger partial charge in [-0.3, -0.25) is 0 Å². The van der Waals surface area contributed by atoms with Crippen molar-refractivity contribution in [3.63, 3.8) is 0 Å². The summed E-state index contributed by atoms with van der Waals surface area (Å²) in [5.74, 6) is 3.77. The third kappa shape index (κ3) is 12.5. The fourth-order valence-electron chi connectivity index (χ4n) is 11.0. The number of para-hydroxylation sites is 2.